The fraction of sp³-hybridized carbons (Fsp3) is 0.133. The van der Waals surface area contributed by atoms with Gasteiger partial charge in [0.25, 0.3) is 5.91 Å². The molecular weight excluding hydrogens is 242 g/mol. The van der Waals surface area contributed by atoms with Crippen LogP contribution in [0.5, 0.6) is 11.5 Å². The minimum absolute atomic E-state index is 0.00889. The Bertz CT molecular complexity index is 608. The first-order valence-electron chi connectivity index (χ1n) is 5.85. The molecule has 0 aliphatic heterocycles. The molecular formula is C15H15NO3. The molecule has 1 amide bonds. The quantitative estimate of drug-likeness (QED) is 0.888. The maximum atomic E-state index is 12.1. The van der Waals surface area contributed by atoms with Crippen LogP contribution >= 0.6 is 0 Å². The molecule has 19 heavy (non-hydrogen) atoms. The van der Waals surface area contributed by atoms with Gasteiger partial charge in [0.1, 0.15) is 0 Å². The third-order valence-corrected chi connectivity index (χ3v) is 2.72. The Kier molecular flexibility index (Phi) is 3.71. The third-order valence-electron chi connectivity index (χ3n) is 2.72. The second kappa shape index (κ2) is 5.44. The van der Waals surface area contributed by atoms with E-state index in [0.29, 0.717) is 5.56 Å². The number of hydrogen-bond donors (Lipinski definition) is 2. The first-order valence-corrected chi connectivity index (χ1v) is 5.85. The summed E-state index contributed by atoms with van der Waals surface area (Å²) in [6, 6.07) is 12.0. The average Bonchev–Trinajstić information content (AvgIpc) is 2.39. The molecule has 0 aliphatic carbocycles. The number of phenolic OH excluding ortho intramolecular Hbond substituents is 1. The lowest BCUT2D eigenvalue weighted by molar-refractivity contribution is 0.102. The van der Waals surface area contributed by atoms with Crippen LogP contribution < -0.4 is 10.1 Å². The Balaban J connectivity index is 2.20. The molecule has 0 aliphatic rings. The third kappa shape index (κ3) is 3.04. The van der Waals surface area contributed by atoms with E-state index >= 15 is 0 Å². The zero-order valence-electron chi connectivity index (χ0n) is 10.8. The molecule has 4 heteroatoms. The first-order chi connectivity index (χ1) is 9.10. The van der Waals surface area contributed by atoms with Crippen LogP contribution in [0, 0.1) is 6.92 Å². The van der Waals surface area contributed by atoms with Crippen molar-refractivity contribution in [2.24, 2.45) is 0 Å². The molecule has 2 N–H and O–H groups in total. The van der Waals surface area contributed by atoms with E-state index in [1.807, 2.05) is 31.2 Å². The van der Waals surface area contributed by atoms with Gasteiger partial charge in [0.05, 0.1) is 7.11 Å². The van der Waals surface area contributed by atoms with Gasteiger partial charge in [-0.1, -0.05) is 12.1 Å². The lowest BCUT2D eigenvalue weighted by Crippen LogP contribution is -2.11. The van der Waals surface area contributed by atoms with Gasteiger partial charge in [0, 0.05) is 11.3 Å². The number of carbonyl (C=O) groups is 1. The second-order valence-electron chi connectivity index (χ2n) is 4.21. The van der Waals surface area contributed by atoms with Crippen LogP contribution in [0.15, 0.2) is 42.5 Å². The normalized spacial score (nSPS) is 10.0. The van der Waals surface area contributed by atoms with E-state index < -0.39 is 0 Å². The van der Waals surface area contributed by atoms with Gasteiger partial charge in [0.15, 0.2) is 11.5 Å². The highest BCUT2D eigenvalue weighted by Crippen LogP contribution is 2.26. The SMILES string of the molecule is COc1cc(C(=O)Nc2cccc(C)c2)ccc1O. The van der Waals surface area contributed by atoms with Crippen LogP contribution in [0.3, 0.4) is 0 Å². The van der Waals surface area contributed by atoms with E-state index in [2.05, 4.69) is 5.32 Å². The average molecular weight is 257 g/mol. The molecule has 0 saturated heterocycles. The largest absolute Gasteiger partial charge is 0.504 e. The summed E-state index contributed by atoms with van der Waals surface area (Å²) in [5.74, 6) is 0.0374. The van der Waals surface area contributed by atoms with Crippen molar-refractivity contribution in [1.82, 2.24) is 0 Å². The van der Waals surface area contributed by atoms with Gasteiger partial charge in [-0.25, -0.2) is 0 Å². The fourth-order valence-electron chi connectivity index (χ4n) is 1.74. The van der Waals surface area contributed by atoms with Gasteiger partial charge in [0.2, 0.25) is 0 Å². The molecule has 0 radical (unpaired) electrons. The van der Waals surface area contributed by atoms with Crippen molar-refractivity contribution in [2.75, 3.05) is 12.4 Å². The highest BCUT2D eigenvalue weighted by molar-refractivity contribution is 6.04. The summed E-state index contributed by atoms with van der Waals surface area (Å²) in [5.41, 5.74) is 2.23. The molecule has 0 spiro atoms. The lowest BCUT2D eigenvalue weighted by atomic mass is 10.1. The molecule has 0 aromatic heterocycles. The van der Waals surface area contributed by atoms with Gasteiger partial charge >= 0.3 is 0 Å². The second-order valence-corrected chi connectivity index (χ2v) is 4.21. The zero-order chi connectivity index (χ0) is 13.8. The van der Waals surface area contributed by atoms with Crippen molar-refractivity contribution in [3.63, 3.8) is 0 Å². The van der Waals surface area contributed by atoms with Gasteiger partial charge in [-0.2, -0.15) is 0 Å². The number of nitrogens with one attached hydrogen (secondary N) is 1. The molecule has 0 atom stereocenters. The van der Waals surface area contributed by atoms with Crippen molar-refractivity contribution in [1.29, 1.82) is 0 Å². The minimum atomic E-state index is -0.246. The number of aromatic hydroxyl groups is 1. The Morgan fingerprint density at radius 3 is 2.68 bits per heavy atom. The summed E-state index contributed by atoms with van der Waals surface area (Å²) >= 11 is 0. The number of anilines is 1. The minimum Gasteiger partial charge on any atom is -0.504 e. The molecule has 2 aromatic rings. The monoisotopic (exact) mass is 257 g/mol. The predicted molar refractivity (Wildman–Crippen MR) is 73.8 cm³/mol. The summed E-state index contributed by atoms with van der Waals surface area (Å²) in [6.45, 7) is 1.96. The van der Waals surface area contributed by atoms with Crippen molar-refractivity contribution in [2.45, 2.75) is 6.92 Å². The highest BCUT2D eigenvalue weighted by Gasteiger charge is 2.10. The lowest BCUT2D eigenvalue weighted by Gasteiger charge is -2.08. The summed E-state index contributed by atoms with van der Waals surface area (Å²) in [6.07, 6.45) is 0. The standard InChI is InChI=1S/C15H15NO3/c1-10-4-3-5-12(8-10)16-15(18)11-6-7-13(17)14(9-11)19-2/h3-9,17H,1-2H3,(H,16,18). The molecule has 0 heterocycles. The molecule has 0 bridgehead atoms. The number of aryl methyl sites for hydroxylation is 1. The van der Waals surface area contributed by atoms with Crippen LogP contribution in [0.4, 0.5) is 5.69 Å². The number of rotatable bonds is 3. The Morgan fingerprint density at radius 2 is 2.00 bits per heavy atom. The first kappa shape index (κ1) is 13.0. The van der Waals surface area contributed by atoms with E-state index in [9.17, 15) is 9.90 Å². The molecule has 2 rings (SSSR count). The number of benzene rings is 2. The number of phenols is 1. The Labute approximate surface area is 111 Å². The molecule has 98 valence electrons. The van der Waals surface area contributed by atoms with Crippen molar-refractivity contribution < 1.29 is 14.6 Å². The van der Waals surface area contributed by atoms with E-state index in [4.69, 9.17) is 4.74 Å². The summed E-state index contributed by atoms with van der Waals surface area (Å²) in [5, 5.41) is 12.3. The summed E-state index contributed by atoms with van der Waals surface area (Å²) in [4.78, 5) is 12.1. The van der Waals surface area contributed by atoms with Gasteiger partial charge in [-0.3, -0.25) is 4.79 Å². The maximum absolute atomic E-state index is 12.1. The van der Waals surface area contributed by atoms with Crippen LogP contribution in [0.2, 0.25) is 0 Å². The van der Waals surface area contributed by atoms with E-state index in [1.54, 1.807) is 6.07 Å². The molecule has 0 saturated carbocycles. The van der Waals surface area contributed by atoms with E-state index in [1.165, 1.54) is 19.2 Å². The van der Waals surface area contributed by atoms with E-state index in [-0.39, 0.29) is 17.4 Å². The number of methoxy groups -OCH3 is 1. The smallest absolute Gasteiger partial charge is 0.255 e. The molecule has 4 nitrogen and oxygen atoms in total. The maximum Gasteiger partial charge on any atom is 0.255 e. The highest BCUT2D eigenvalue weighted by atomic mass is 16.5. The van der Waals surface area contributed by atoms with Crippen molar-refractivity contribution in [3.8, 4) is 11.5 Å². The van der Waals surface area contributed by atoms with Gasteiger partial charge < -0.3 is 15.2 Å². The number of amides is 1. The molecule has 0 unspecified atom stereocenters. The van der Waals surface area contributed by atoms with Gasteiger partial charge in [-0.15, -0.1) is 0 Å². The summed E-state index contributed by atoms with van der Waals surface area (Å²) in [7, 11) is 1.44. The van der Waals surface area contributed by atoms with Crippen LogP contribution in [0.1, 0.15) is 15.9 Å². The van der Waals surface area contributed by atoms with Crippen LogP contribution in [-0.2, 0) is 0 Å². The van der Waals surface area contributed by atoms with E-state index in [0.717, 1.165) is 11.3 Å². The Hall–Kier alpha value is -2.49. The Morgan fingerprint density at radius 1 is 1.21 bits per heavy atom. The van der Waals surface area contributed by atoms with Crippen molar-refractivity contribution >= 4 is 11.6 Å². The van der Waals surface area contributed by atoms with Crippen LogP contribution in [0.25, 0.3) is 0 Å². The topological polar surface area (TPSA) is 58.6 Å². The van der Waals surface area contributed by atoms with Crippen LogP contribution in [-0.4, -0.2) is 18.1 Å². The predicted octanol–water partition coefficient (Wildman–Crippen LogP) is 2.96. The number of hydrogen-bond acceptors (Lipinski definition) is 3. The number of carbonyl (C=O) groups excluding carboxylic acids is 1. The molecule has 0 fully saturated rings. The van der Waals surface area contributed by atoms with Crippen molar-refractivity contribution in [3.05, 3.63) is 53.6 Å². The zero-order valence-corrected chi connectivity index (χ0v) is 10.8. The molecule has 2 aromatic carbocycles. The van der Waals surface area contributed by atoms with Gasteiger partial charge in [-0.05, 0) is 42.8 Å². The number of ether oxygens (including phenoxy) is 1. The summed E-state index contributed by atoms with van der Waals surface area (Å²) < 4.78 is 4.98. The fourth-order valence-corrected chi connectivity index (χ4v) is 1.74.